The Morgan fingerprint density at radius 3 is 3.12 bits per heavy atom. The van der Waals surface area contributed by atoms with E-state index in [1.165, 1.54) is 6.07 Å². The summed E-state index contributed by atoms with van der Waals surface area (Å²) in [5.41, 5.74) is 1.03. The molecule has 2 aliphatic rings. The van der Waals surface area contributed by atoms with Gasteiger partial charge in [-0.25, -0.2) is 4.39 Å². The summed E-state index contributed by atoms with van der Waals surface area (Å²) in [4.78, 5) is 11.2. The van der Waals surface area contributed by atoms with Crippen molar-refractivity contribution in [1.82, 2.24) is 0 Å². The van der Waals surface area contributed by atoms with Gasteiger partial charge in [0.1, 0.15) is 5.82 Å². The van der Waals surface area contributed by atoms with E-state index >= 15 is 0 Å². The lowest BCUT2D eigenvalue weighted by Gasteiger charge is -2.14. The van der Waals surface area contributed by atoms with Crippen molar-refractivity contribution in [3.63, 3.8) is 0 Å². The largest absolute Gasteiger partial charge is 0.465 e. The molecule has 16 heavy (non-hydrogen) atoms. The van der Waals surface area contributed by atoms with Crippen molar-refractivity contribution in [2.45, 2.75) is 24.7 Å². The molecule has 0 aromatic heterocycles. The highest BCUT2D eigenvalue weighted by Gasteiger charge is 2.56. The molecular formula is C13H13FO2. The monoisotopic (exact) mass is 220 g/mol. The highest BCUT2D eigenvalue weighted by atomic mass is 19.1. The van der Waals surface area contributed by atoms with E-state index in [0.717, 1.165) is 18.4 Å². The third-order valence-corrected chi connectivity index (χ3v) is 3.85. The van der Waals surface area contributed by atoms with Crippen LogP contribution < -0.4 is 0 Å². The molecule has 3 heteroatoms. The molecule has 1 saturated heterocycles. The summed E-state index contributed by atoms with van der Waals surface area (Å²) in [7, 11) is 0. The fourth-order valence-corrected chi connectivity index (χ4v) is 2.79. The van der Waals surface area contributed by atoms with Gasteiger partial charge < -0.3 is 4.74 Å². The lowest BCUT2D eigenvalue weighted by Crippen LogP contribution is -2.10. The maximum Gasteiger partial charge on any atom is 0.305 e. The van der Waals surface area contributed by atoms with Gasteiger partial charge in [0.05, 0.1) is 6.61 Å². The number of carbonyl (C=O) groups excluding carboxylic acids is 1. The maximum absolute atomic E-state index is 13.2. The molecule has 1 aliphatic heterocycles. The number of hydrogen-bond donors (Lipinski definition) is 0. The second-order valence-electron chi connectivity index (χ2n) is 4.75. The minimum atomic E-state index is -0.200. The molecule has 1 heterocycles. The van der Waals surface area contributed by atoms with Crippen LogP contribution in [0.1, 0.15) is 24.8 Å². The first-order chi connectivity index (χ1) is 7.71. The van der Waals surface area contributed by atoms with E-state index in [4.69, 9.17) is 4.74 Å². The Kier molecular flexibility index (Phi) is 2.03. The molecule has 1 aromatic rings. The van der Waals surface area contributed by atoms with E-state index in [0.29, 0.717) is 18.9 Å². The van der Waals surface area contributed by atoms with Crippen LogP contribution in [0.4, 0.5) is 4.39 Å². The lowest BCUT2D eigenvalue weighted by atomic mass is 9.89. The molecule has 0 spiro atoms. The van der Waals surface area contributed by atoms with E-state index in [2.05, 4.69) is 0 Å². The average Bonchev–Trinajstić information content (AvgIpc) is 2.99. The molecule has 84 valence electrons. The van der Waals surface area contributed by atoms with Crippen LogP contribution in [0.25, 0.3) is 0 Å². The minimum Gasteiger partial charge on any atom is -0.465 e. The van der Waals surface area contributed by atoms with Gasteiger partial charge in [-0.2, -0.15) is 0 Å². The number of rotatable bonds is 1. The zero-order valence-electron chi connectivity index (χ0n) is 8.91. The molecule has 0 bridgehead atoms. The van der Waals surface area contributed by atoms with Crippen molar-refractivity contribution in [3.8, 4) is 0 Å². The summed E-state index contributed by atoms with van der Waals surface area (Å²) < 4.78 is 18.3. The first kappa shape index (κ1) is 9.82. The van der Waals surface area contributed by atoms with Crippen molar-refractivity contribution >= 4 is 5.97 Å². The Balaban J connectivity index is 1.92. The predicted octanol–water partition coefficient (Wildman–Crippen LogP) is 2.42. The van der Waals surface area contributed by atoms with Crippen molar-refractivity contribution in [1.29, 1.82) is 0 Å². The number of benzene rings is 1. The van der Waals surface area contributed by atoms with Crippen LogP contribution in [-0.2, 0) is 14.9 Å². The molecule has 1 aromatic carbocycles. The molecular weight excluding hydrogens is 207 g/mol. The van der Waals surface area contributed by atoms with Crippen LogP contribution in [-0.4, -0.2) is 12.6 Å². The number of hydrogen-bond acceptors (Lipinski definition) is 2. The molecule has 2 atom stereocenters. The topological polar surface area (TPSA) is 26.3 Å². The SMILES string of the molecule is O=C1CC[C@@]2(c3cccc(F)c3)C[C@H]2CO1. The molecule has 0 unspecified atom stereocenters. The molecule has 1 saturated carbocycles. The van der Waals surface area contributed by atoms with Crippen LogP contribution in [0.2, 0.25) is 0 Å². The zero-order chi connectivity index (χ0) is 11.2. The molecule has 2 nitrogen and oxygen atoms in total. The van der Waals surface area contributed by atoms with E-state index in [1.807, 2.05) is 6.07 Å². The van der Waals surface area contributed by atoms with Crippen LogP contribution in [0.3, 0.4) is 0 Å². The molecule has 3 rings (SSSR count). The number of esters is 1. The van der Waals surface area contributed by atoms with E-state index in [9.17, 15) is 9.18 Å². The number of fused-ring (bicyclic) bond motifs is 1. The van der Waals surface area contributed by atoms with Crippen molar-refractivity contribution < 1.29 is 13.9 Å². The first-order valence-corrected chi connectivity index (χ1v) is 5.62. The van der Waals surface area contributed by atoms with Crippen molar-refractivity contribution in [2.75, 3.05) is 6.61 Å². The average molecular weight is 220 g/mol. The lowest BCUT2D eigenvalue weighted by molar-refractivity contribution is -0.143. The van der Waals surface area contributed by atoms with Crippen molar-refractivity contribution in [2.24, 2.45) is 5.92 Å². The van der Waals surface area contributed by atoms with Gasteiger partial charge in [0.25, 0.3) is 0 Å². The van der Waals surface area contributed by atoms with Gasteiger partial charge in [0, 0.05) is 17.8 Å². The second-order valence-corrected chi connectivity index (χ2v) is 4.75. The summed E-state index contributed by atoms with van der Waals surface area (Å²) in [5.74, 6) is 0.0674. The Morgan fingerprint density at radius 2 is 2.31 bits per heavy atom. The van der Waals surface area contributed by atoms with Gasteiger partial charge in [-0.05, 0) is 30.5 Å². The molecule has 2 fully saturated rings. The third-order valence-electron chi connectivity index (χ3n) is 3.85. The van der Waals surface area contributed by atoms with Crippen LogP contribution in [0.5, 0.6) is 0 Å². The Morgan fingerprint density at radius 1 is 1.44 bits per heavy atom. The van der Waals surface area contributed by atoms with Gasteiger partial charge in [0.15, 0.2) is 0 Å². The first-order valence-electron chi connectivity index (χ1n) is 5.62. The fraction of sp³-hybridized carbons (Fsp3) is 0.462. The van der Waals surface area contributed by atoms with Crippen LogP contribution in [0, 0.1) is 11.7 Å². The minimum absolute atomic E-state index is 0.00819. The summed E-state index contributed by atoms with van der Waals surface area (Å²) in [5, 5.41) is 0. The van der Waals surface area contributed by atoms with Crippen molar-refractivity contribution in [3.05, 3.63) is 35.6 Å². The van der Waals surface area contributed by atoms with Crippen LogP contribution >= 0.6 is 0 Å². The van der Waals surface area contributed by atoms with Gasteiger partial charge in [-0.3, -0.25) is 4.79 Å². The predicted molar refractivity (Wildman–Crippen MR) is 56.4 cm³/mol. The Hall–Kier alpha value is -1.38. The van der Waals surface area contributed by atoms with E-state index in [-0.39, 0.29) is 17.2 Å². The highest BCUT2D eigenvalue weighted by molar-refractivity contribution is 5.70. The fourth-order valence-electron chi connectivity index (χ4n) is 2.79. The zero-order valence-corrected chi connectivity index (χ0v) is 8.91. The molecule has 0 amide bonds. The molecule has 0 N–H and O–H groups in total. The Labute approximate surface area is 93.4 Å². The highest BCUT2D eigenvalue weighted by Crippen LogP contribution is 2.58. The third kappa shape index (κ3) is 1.42. The summed E-state index contributed by atoms with van der Waals surface area (Å²) in [6.07, 6.45) is 2.26. The Bertz CT molecular complexity index is 443. The molecule has 0 radical (unpaired) electrons. The smallest absolute Gasteiger partial charge is 0.305 e. The number of cyclic esters (lactones) is 1. The number of ether oxygens (including phenoxy) is 1. The number of halogens is 1. The standard InChI is InChI=1S/C13H13FO2/c14-11-3-1-2-9(6-11)13-5-4-12(15)16-8-10(13)7-13/h1-3,6,10H,4-5,7-8H2/t10-,13-/m0/s1. The normalized spacial score (nSPS) is 32.6. The van der Waals surface area contributed by atoms with Crippen LogP contribution in [0.15, 0.2) is 24.3 Å². The summed E-state index contributed by atoms with van der Waals surface area (Å²) in [6.45, 7) is 0.495. The second kappa shape index (κ2) is 3.30. The van der Waals surface area contributed by atoms with Gasteiger partial charge in [0.2, 0.25) is 0 Å². The van der Waals surface area contributed by atoms with E-state index in [1.54, 1.807) is 12.1 Å². The quantitative estimate of drug-likeness (QED) is 0.679. The summed E-state index contributed by atoms with van der Waals surface area (Å²) >= 11 is 0. The molecule has 1 aliphatic carbocycles. The van der Waals surface area contributed by atoms with Gasteiger partial charge >= 0.3 is 5.97 Å². The number of carbonyl (C=O) groups is 1. The van der Waals surface area contributed by atoms with E-state index < -0.39 is 0 Å². The maximum atomic E-state index is 13.2. The van der Waals surface area contributed by atoms with Gasteiger partial charge in [-0.1, -0.05) is 12.1 Å². The summed E-state index contributed by atoms with van der Waals surface area (Å²) in [6, 6.07) is 6.74. The van der Waals surface area contributed by atoms with Gasteiger partial charge in [-0.15, -0.1) is 0 Å².